The fraction of sp³-hybridized carbons (Fsp3) is 0.714. The van der Waals surface area contributed by atoms with E-state index in [2.05, 4.69) is 47.9 Å². The van der Waals surface area contributed by atoms with E-state index in [1.54, 1.807) is 13.4 Å². The number of nitrogens with zero attached hydrogens (tertiary/aromatic N) is 3. The van der Waals surface area contributed by atoms with Crippen LogP contribution in [0.25, 0.3) is 0 Å². The van der Waals surface area contributed by atoms with Crippen molar-refractivity contribution in [3.63, 3.8) is 0 Å². The Balaban J connectivity index is 2.97. The molecule has 0 aliphatic rings. The molecule has 1 rings (SSSR count). The highest BCUT2D eigenvalue weighted by molar-refractivity contribution is 5.58. The first kappa shape index (κ1) is 15.7. The zero-order valence-electron chi connectivity index (χ0n) is 12.7. The predicted molar refractivity (Wildman–Crippen MR) is 79.9 cm³/mol. The summed E-state index contributed by atoms with van der Waals surface area (Å²) in [5, 5.41) is 3.34. The molecule has 1 aromatic rings. The minimum absolute atomic E-state index is 0.294. The summed E-state index contributed by atoms with van der Waals surface area (Å²) in [5.74, 6) is 1.91. The number of rotatable bonds is 8. The van der Waals surface area contributed by atoms with Crippen LogP contribution in [-0.2, 0) is 4.74 Å². The highest BCUT2D eigenvalue weighted by atomic mass is 16.5. The van der Waals surface area contributed by atoms with Gasteiger partial charge < -0.3 is 15.0 Å². The first-order valence-corrected chi connectivity index (χ1v) is 6.96. The van der Waals surface area contributed by atoms with Gasteiger partial charge in [-0.25, -0.2) is 9.97 Å². The van der Waals surface area contributed by atoms with Gasteiger partial charge in [-0.05, 0) is 27.2 Å². The van der Waals surface area contributed by atoms with Crippen LogP contribution in [0, 0.1) is 6.92 Å². The molecule has 0 aromatic carbocycles. The van der Waals surface area contributed by atoms with Crippen molar-refractivity contribution in [2.45, 2.75) is 40.2 Å². The molecule has 5 nitrogen and oxygen atoms in total. The lowest BCUT2D eigenvalue weighted by molar-refractivity contribution is 0.181. The third-order valence-corrected chi connectivity index (χ3v) is 3.15. The molecule has 0 aliphatic carbocycles. The van der Waals surface area contributed by atoms with Gasteiger partial charge in [0.1, 0.15) is 18.0 Å². The minimum Gasteiger partial charge on any atom is -0.383 e. The summed E-state index contributed by atoms with van der Waals surface area (Å²) < 4.78 is 5.24. The fourth-order valence-electron chi connectivity index (χ4n) is 2.15. The van der Waals surface area contributed by atoms with Gasteiger partial charge in [0.05, 0.1) is 12.6 Å². The Morgan fingerprint density at radius 3 is 2.68 bits per heavy atom. The molecule has 1 aromatic heterocycles. The van der Waals surface area contributed by atoms with Gasteiger partial charge in [0.25, 0.3) is 0 Å². The highest BCUT2D eigenvalue weighted by Gasteiger charge is 2.17. The van der Waals surface area contributed by atoms with E-state index in [-0.39, 0.29) is 0 Å². The molecule has 1 heterocycles. The van der Waals surface area contributed by atoms with Crippen molar-refractivity contribution in [2.75, 3.05) is 37.0 Å². The molecule has 1 N–H and O–H groups in total. The second kappa shape index (κ2) is 7.94. The Bertz CT molecular complexity index is 384. The average Bonchev–Trinajstić information content (AvgIpc) is 2.40. The molecule has 19 heavy (non-hydrogen) atoms. The third kappa shape index (κ3) is 4.06. The van der Waals surface area contributed by atoms with Crippen LogP contribution in [0.5, 0.6) is 0 Å². The van der Waals surface area contributed by atoms with Crippen molar-refractivity contribution in [1.82, 2.24) is 9.97 Å². The quantitative estimate of drug-likeness (QED) is 0.783. The summed E-state index contributed by atoms with van der Waals surface area (Å²) in [6.07, 6.45) is 2.71. The van der Waals surface area contributed by atoms with E-state index in [9.17, 15) is 0 Å². The standard InChI is InChI=1S/C14H26N4O/c1-6-8-15-13-12(4)14(17-10-16-13)18(7-2)11(3)9-19-5/h10-11H,6-9H2,1-5H3,(H,15,16,17). The zero-order chi connectivity index (χ0) is 14.3. The van der Waals surface area contributed by atoms with Crippen molar-refractivity contribution >= 4 is 11.6 Å². The van der Waals surface area contributed by atoms with Crippen LogP contribution in [0.2, 0.25) is 0 Å². The minimum atomic E-state index is 0.294. The fourth-order valence-corrected chi connectivity index (χ4v) is 2.15. The average molecular weight is 266 g/mol. The van der Waals surface area contributed by atoms with E-state index in [0.29, 0.717) is 12.6 Å². The van der Waals surface area contributed by atoms with Crippen LogP contribution in [0.15, 0.2) is 6.33 Å². The molecule has 0 radical (unpaired) electrons. The van der Waals surface area contributed by atoms with E-state index in [1.807, 2.05) is 0 Å². The monoisotopic (exact) mass is 266 g/mol. The predicted octanol–water partition coefficient (Wildman–Crippen LogP) is 2.47. The van der Waals surface area contributed by atoms with Crippen molar-refractivity contribution in [3.05, 3.63) is 11.9 Å². The van der Waals surface area contributed by atoms with Crippen molar-refractivity contribution in [1.29, 1.82) is 0 Å². The largest absolute Gasteiger partial charge is 0.383 e. The van der Waals surface area contributed by atoms with E-state index in [1.165, 1.54) is 0 Å². The van der Waals surface area contributed by atoms with E-state index < -0.39 is 0 Å². The molecule has 0 spiro atoms. The lowest BCUT2D eigenvalue weighted by Gasteiger charge is -2.30. The maximum atomic E-state index is 5.24. The van der Waals surface area contributed by atoms with Gasteiger partial charge in [-0.15, -0.1) is 0 Å². The number of anilines is 2. The Kier molecular flexibility index (Phi) is 6.56. The maximum absolute atomic E-state index is 5.24. The van der Waals surface area contributed by atoms with E-state index in [4.69, 9.17) is 4.74 Å². The van der Waals surface area contributed by atoms with Gasteiger partial charge in [0, 0.05) is 25.8 Å². The van der Waals surface area contributed by atoms with Crippen molar-refractivity contribution in [3.8, 4) is 0 Å². The molecule has 1 atom stereocenters. The van der Waals surface area contributed by atoms with Crippen LogP contribution < -0.4 is 10.2 Å². The number of nitrogens with one attached hydrogen (secondary N) is 1. The van der Waals surface area contributed by atoms with E-state index >= 15 is 0 Å². The SMILES string of the molecule is CCCNc1ncnc(N(CC)C(C)COC)c1C. The zero-order valence-corrected chi connectivity index (χ0v) is 12.7. The molecule has 0 saturated carbocycles. The van der Waals surface area contributed by atoms with Crippen LogP contribution in [-0.4, -0.2) is 42.8 Å². The molecule has 0 saturated heterocycles. The van der Waals surface area contributed by atoms with E-state index in [0.717, 1.165) is 36.7 Å². The molecular formula is C14H26N4O. The van der Waals surface area contributed by atoms with Crippen LogP contribution >= 0.6 is 0 Å². The Hall–Kier alpha value is -1.36. The summed E-state index contributed by atoms with van der Waals surface area (Å²) in [5.41, 5.74) is 1.10. The lowest BCUT2D eigenvalue weighted by atomic mass is 10.2. The molecule has 108 valence electrons. The molecule has 0 aliphatic heterocycles. The van der Waals surface area contributed by atoms with Gasteiger partial charge in [-0.3, -0.25) is 0 Å². The Labute approximate surface area is 116 Å². The van der Waals surface area contributed by atoms with Crippen LogP contribution in [0.4, 0.5) is 11.6 Å². The first-order valence-electron chi connectivity index (χ1n) is 6.96. The molecule has 5 heteroatoms. The van der Waals surface area contributed by atoms with Gasteiger partial charge in [-0.1, -0.05) is 6.92 Å². The van der Waals surface area contributed by atoms with Crippen molar-refractivity contribution in [2.24, 2.45) is 0 Å². The van der Waals surface area contributed by atoms with Gasteiger partial charge >= 0.3 is 0 Å². The van der Waals surface area contributed by atoms with Crippen LogP contribution in [0.3, 0.4) is 0 Å². The number of methoxy groups -OCH3 is 1. The second-order valence-electron chi connectivity index (χ2n) is 4.69. The summed E-state index contributed by atoms with van der Waals surface area (Å²) in [7, 11) is 1.73. The first-order chi connectivity index (χ1) is 9.15. The Morgan fingerprint density at radius 2 is 2.11 bits per heavy atom. The topological polar surface area (TPSA) is 50.3 Å². The molecule has 1 unspecified atom stereocenters. The summed E-state index contributed by atoms with van der Waals surface area (Å²) >= 11 is 0. The maximum Gasteiger partial charge on any atom is 0.137 e. The van der Waals surface area contributed by atoms with Crippen molar-refractivity contribution < 1.29 is 4.74 Å². The smallest absolute Gasteiger partial charge is 0.137 e. The van der Waals surface area contributed by atoms with Gasteiger partial charge in [-0.2, -0.15) is 0 Å². The molecule has 0 fully saturated rings. The molecular weight excluding hydrogens is 240 g/mol. The highest BCUT2D eigenvalue weighted by Crippen LogP contribution is 2.23. The number of aromatic nitrogens is 2. The Morgan fingerprint density at radius 1 is 1.37 bits per heavy atom. The summed E-state index contributed by atoms with van der Waals surface area (Å²) in [4.78, 5) is 11.0. The number of hydrogen-bond acceptors (Lipinski definition) is 5. The van der Waals surface area contributed by atoms with Crippen LogP contribution in [0.1, 0.15) is 32.8 Å². The molecule has 0 amide bonds. The lowest BCUT2D eigenvalue weighted by Crippen LogP contribution is -2.37. The number of ether oxygens (including phenoxy) is 1. The summed E-state index contributed by atoms with van der Waals surface area (Å²) in [6, 6.07) is 0.294. The van der Waals surface area contributed by atoms with Gasteiger partial charge in [0.2, 0.25) is 0 Å². The second-order valence-corrected chi connectivity index (χ2v) is 4.69. The third-order valence-electron chi connectivity index (χ3n) is 3.15. The normalized spacial score (nSPS) is 12.3. The number of hydrogen-bond donors (Lipinski definition) is 1. The summed E-state index contributed by atoms with van der Waals surface area (Å²) in [6.45, 7) is 11.0. The molecule has 0 bridgehead atoms. The number of likely N-dealkylation sites (N-methyl/N-ethyl adjacent to an activating group) is 1. The van der Waals surface area contributed by atoms with Gasteiger partial charge in [0.15, 0.2) is 0 Å².